The van der Waals surface area contributed by atoms with E-state index in [2.05, 4.69) is 5.32 Å². The van der Waals surface area contributed by atoms with Gasteiger partial charge < -0.3 is 10.4 Å². The van der Waals surface area contributed by atoms with Gasteiger partial charge in [0.05, 0.1) is 17.6 Å². The molecule has 0 spiro atoms. The van der Waals surface area contributed by atoms with E-state index in [4.69, 9.17) is 10.4 Å². The Bertz CT molecular complexity index is 531. The van der Waals surface area contributed by atoms with Crippen LogP contribution in [0.4, 0.5) is 5.69 Å². The van der Waals surface area contributed by atoms with Crippen LogP contribution in [-0.2, 0) is 9.59 Å². The first kappa shape index (κ1) is 13.1. The third-order valence-electron chi connectivity index (χ3n) is 3.43. The molecule has 1 aromatic carbocycles. The number of benzene rings is 1. The molecule has 2 unspecified atom stereocenters. The number of amides is 1. The SMILES string of the molecule is N#Cc1ccc(NC(=O)C2CCC(C(=O)O)C2)cc1. The Labute approximate surface area is 110 Å². The first-order valence-electron chi connectivity index (χ1n) is 6.14. The summed E-state index contributed by atoms with van der Waals surface area (Å²) in [5.74, 6) is -1.62. The van der Waals surface area contributed by atoms with Crippen LogP contribution in [-0.4, -0.2) is 17.0 Å². The lowest BCUT2D eigenvalue weighted by atomic mass is 10.0. The molecule has 2 rings (SSSR count). The van der Waals surface area contributed by atoms with Crippen molar-refractivity contribution in [2.24, 2.45) is 11.8 Å². The van der Waals surface area contributed by atoms with Crippen LogP contribution in [0.5, 0.6) is 0 Å². The second-order valence-electron chi connectivity index (χ2n) is 4.72. The Balaban J connectivity index is 1.94. The predicted molar refractivity (Wildman–Crippen MR) is 68.3 cm³/mol. The van der Waals surface area contributed by atoms with Crippen LogP contribution in [0.15, 0.2) is 24.3 Å². The minimum atomic E-state index is -0.825. The molecular weight excluding hydrogens is 244 g/mol. The number of carbonyl (C=O) groups is 2. The largest absolute Gasteiger partial charge is 0.481 e. The lowest BCUT2D eigenvalue weighted by Gasteiger charge is -2.10. The van der Waals surface area contributed by atoms with Crippen molar-refractivity contribution in [2.45, 2.75) is 19.3 Å². The third kappa shape index (κ3) is 3.10. The minimum Gasteiger partial charge on any atom is -0.481 e. The molecule has 1 aliphatic carbocycles. The Hall–Kier alpha value is -2.35. The van der Waals surface area contributed by atoms with E-state index in [1.54, 1.807) is 24.3 Å². The quantitative estimate of drug-likeness (QED) is 0.867. The van der Waals surface area contributed by atoms with Gasteiger partial charge in [0.15, 0.2) is 0 Å². The van der Waals surface area contributed by atoms with Crippen LogP contribution in [0.2, 0.25) is 0 Å². The van der Waals surface area contributed by atoms with Crippen molar-refractivity contribution in [1.82, 2.24) is 0 Å². The number of carbonyl (C=O) groups excluding carboxylic acids is 1. The zero-order valence-corrected chi connectivity index (χ0v) is 10.3. The number of hydrogen-bond acceptors (Lipinski definition) is 3. The van der Waals surface area contributed by atoms with Crippen molar-refractivity contribution in [3.63, 3.8) is 0 Å². The molecule has 0 bridgehead atoms. The number of aliphatic carboxylic acids is 1. The van der Waals surface area contributed by atoms with E-state index in [9.17, 15) is 9.59 Å². The Morgan fingerprint density at radius 2 is 1.84 bits per heavy atom. The first-order chi connectivity index (χ1) is 9.10. The van der Waals surface area contributed by atoms with Crippen LogP contribution >= 0.6 is 0 Å². The number of nitrogens with zero attached hydrogens (tertiary/aromatic N) is 1. The summed E-state index contributed by atoms with van der Waals surface area (Å²) < 4.78 is 0. The van der Waals surface area contributed by atoms with Gasteiger partial charge in [0.25, 0.3) is 0 Å². The fraction of sp³-hybridized carbons (Fsp3) is 0.357. The number of anilines is 1. The molecule has 5 heteroatoms. The lowest BCUT2D eigenvalue weighted by Crippen LogP contribution is -2.21. The van der Waals surface area contributed by atoms with Crippen molar-refractivity contribution in [1.29, 1.82) is 5.26 Å². The summed E-state index contributed by atoms with van der Waals surface area (Å²) in [5.41, 5.74) is 1.16. The molecule has 0 heterocycles. The fourth-order valence-corrected chi connectivity index (χ4v) is 2.32. The number of nitrogens with one attached hydrogen (secondary N) is 1. The van der Waals surface area contributed by atoms with E-state index < -0.39 is 11.9 Å². The van der Waals surface area contributed by atoms with Gasteiger partial charge in [-0.1, -0.05) is 0 Å². The predicted octanol–water partition coefficient (Wildman–Crippen LogP) is 2.00. The molecule has 1 aromatic rings. The molecule has 5 nitrogen and oxygen atoms in total. The summed E-state index contributed by atoms with van der Waals surface area (Å²) in [6.07, 6.45) is 1.57. The Morgan fingerprint density at radius 1 is 1.21 bits per heavy atom. The fourth-order valence-electron chi connectivity index (χ4n) is 2.32. The van der Waals surface area contributed by atoms with Crippen LogP contribution in [0, 0.1) is 23.2 Å². The number of rotatable bonds is 3. The second kappa shape index (κ2) is 5.53. The maximum absolute atomic E-state index is 12.0. The van der Waals surface area contributed by atoms with Crippen molar-refractivity contribution in [3.8, 4) is 6.07 Å². The van der Waals surface area contributed by atoms with E-state index in [0.717, 1.165) is 0 Å². The standard InChI is InChI=1S/C14H14N2O3/c15-8-9-1-5-12(6-2-9)16-13(17)10-3-4-11(7-10)14(18)19/h1-2,5-6,10-11H,3-4,7H2,(H,16,17)(H,18,19). The van der Waals surface area contributed by atoms with Crippen LogP contribution in [0.25, 0.3) is 0 Å². The summed E-state index contributed by atoms with van der Waals surface area (Å²) in [4.78, 5) is 22.8. The number of carboxylic acids is 1. The number of nitriles is 1. The molecule has 1 saturated carbocycles. The molecular formula is C14H14N2O3. The van der Waals surface area contributed by atoms with Gasteiger partial charge in [-0.05, 0) is 43.5 Å². The van der Waals surface area contributed by atoms with E-state index in [1.165, 1.54) is 0 Å². The smallest absolute Gasteiger partial charge is 0.306 e. The molecule has 1 aliphatic rings. The number of hydrogen-bond donors (Lipinski definition) is 2. The molecule has 0 aromatic heterocycles. The molecule has 98 valence electrons. The molecule has 2 atom stereocenters. The van der Waals surface area contributed by atoms with Crippen molar-refractivity contribution >= 4 is 17.6 Å². The molecule has 0 saturated heterocycles. The molecule has 0 radical (unpaired) electrons. The zero-order valence-electron chi connectivity index (χ0n) is 10.3. The molecule has 2 N–H and O–H groups in total. The highest BCUT2D eigenvalue weighted by Crippen LogP contribution is 2.31. The van der Waals surface area contributed by atoms with Crippen molar-refractivity contribution < 1.29 is 14.7 Å². The molecule has 19 heavy (non-hydrogen) atoms. The highest BCUT2D eigenvalue weighted by atomic mass is 16.4. The van der Waals surface area contributed by atoms with Crippen LogP contribution < -0.4 is 5.32 Å². The van der Waals surface area contributed by atoms with Gasteiger partial charge in [-0.15, -0.1) is 0 Å². The topological polar surface area (TPSA) is 90.2 Å². The van der Waals surface area contributed by atoms with Crippen molar-refractivity contribution in [3.05, 3.63) is 29.8 Å². The van der Waals surface area contributed by atoms with Gasteiger partial charge in [0.1, 0.15) is 0 Å². The van der Waals surface area contributed by atoms with Crippen molar-refractivity contribution in [2.75, 3.05) is 5.32 Å². The average molecular weight is 258 g/mol. The van der Waals surface area contributed by atoms with Gasteiger partial charge >= 0.3 is 5.97 Å². The molecule has 1 amide bonds. The lowest BCUT2D eigenvalue weighted by molar-refractivity contribution is -0.141. The number of carboxylic acid groups (broad SMARTS) is 1. The molecule has 0 aliphatic heterocycles. The highest BCUT2D eigenvalue weighted by molar-refractivity contribution is 5.93. The Morgan fingerprint density at radius 3 is 2.37 bits per heavy atom. The van der Waals surface area contributed by atoms with Gasteiger partial charge in [0.2, 0.25) is 5.91 Å². The highest BCUT2D eigenvalue weighted by Gasteiger charge is 2.33. The van der Waals surface area contributed by atoms with E-state index in [-0.39, 0.29) is 11.8 Å². The second-order valence-corrected chi connectivity index (χ2v) is 4.72. The van der Waals surface area contributed by atoms with Gasteiger partial charge in [-0.25, -0.2) is 0 Å². The third-order valence-corrected chi connectivity index (χ3v) is 3.43. The maximum atomic E-state index is 12.0. The van der Waals surface area contributed by atoms with E-state index >= 15 is 0 Å². The zero-order chi connectivity index (χ0) is 13.8. The summed E-state index contributed by atoms with van der Waals surface area (Å²) in [6, 6.07) is 8.59. The Kier molecular flexibility index (Phi) is 3.81. The van der Waals surface area contributed by atoms with Gasteiger partial charge in [0, 0.05) is 11.6 Å². The monoisotopic (exact) mass is 258 g/mol. The summed E-state index contributed by atoms with van der Waals surface area (Å²) in [6.45, 7) is 0. The summed E-state index contributed by atoms with van der Waals surface area (Å²) in [7, 11) is 0. The van der Waals surface area contributed by atoms with Gasteiger partial charge in [-0.3, -0.25) is 9.59 Å². The maximum Gasteiger partial charge on any atom is 0.306 e. The van der Waals surface area contributed by atoms with Crippen LogP contribution in [0.3, 0.4) is 0 Å². The average Bonchev–Trinajstić information content (AvgIpc) is 2.89. The minimum absolute atomic E-state index is 0.145. The first-order valence-corrected chi connectivity index (χ1v) is 6.14. The van der Waals surface area contributed by atoms with E-state index in [0.29, 0.717) is 30.5 Å². The normalized spacial score (nSPS) is 21.6. The van der Waals surface area contributed by atoms with E-state index in [1.807, 2.05) is 6.07 Å². The van der Waals surface area contributed by atoms with Gasteiger partial charge in [-0.2, -0.15) is 5.26 Å². The molecule has 1 fully saturated rings. The van der Waals surface area contributed by atoms with Crippen LogP contribution in [0.1, 0.15) is 24.8 Å². The summed E-state index contributed by atoms with van der Waals surface area (Å²) in [5, 5.41) is 20.3. The summed E-state index contributed by atoms with van der Waals surface area (Å²) >= 11 is 0.